The van der Waals surface area contributed by atoms with E-state index in [2.05, 4.69) is 39.2 Å². The van der Waals surface area contributed by atoms with E-state index in [1.807, 2.05) is 0 Å². The van der Waals surface area contributed by atoms with Crippen LogP contribution in [0.15, 0.2) is 0 Å². The molecule has 0 aliphatic rings. The van der Waals surface area contributed by atoms with E-state index < -0.39 is 49.2 Å². The fraction of sp³-hybridized carbons (Fsp3) is 0.864. The van der Waals surface area contributed by atoms with E-state index in [4.69, 9.17) is 18.6 Å². The molecule has 0 aromatic rings. The van der Waals surface area contributed by atoms with Crippen LogP contribution in [-0.4, -0.2) is 50.4 Å². The lowest BCUT2D eigenvalue weighted by atomic mass is 9.85. The first-order chi connectivity index (χ1) is 13.5. The molecule has 182 valence electrons. The molecule has 0 aliphatic heterocycles. The Morgan fingerprint density at radius 3 is 1.65 bits per heavy atom. The van der Waals surface area contributed by atoms with Crippen LogP contribution in [0.1, 0.15) is 76.2 Å². The van der Waals surface area contributed by atoms with Crippen molar-refractivity contribution < 1.29 is 33.0 Å². The Hall–Kier alpha value is -1.61. The highest BCUT2D eigenvalue weighted by Crippen LogP contribution is 2.38. The minimum Gasteiger partial charge on any atom is -0.444 e. The summed E-state index contributed by atoms with van der Waals surface area (Å²) in [6.07, 6.45) is -1.92. The first-order valence-corrected chi connectivity index (χ1v) is 13.5. The van der Waals surface area contributed by atoms with Gasteiger partial charge in [-0.25, -0.2) is 14.4 Å². The smallest absolute Gasteiger partial charge is 0.444 e. The number of esters is 1. The zero-order chi connectivity index (χ0) is 25.1. The van der Waals surface area contributed by atoms with Crippen molar-refractivity contribution in [1.82, 2.24) is 5.32 Å². The van der Waals surface area contributed by atoms with Crippen LogP contribution in [0, 0.1) is 5.41 Å². The monoisotopic (exact) mass is 461 g/mol. The second-order valence-electron chi connectivity index (χ2n) is 12.0. The molecule has 1 amide bonds. The van der Waals surface area contributed by atoms with Crippen LogP contribution < -0.4 is 5.32 Å². The van der Waals surface area contributed by atoms with Crippen molar-refractivity contribution in [2.24, 2.45) is 5.41 Å². The van der Waals surface area contributed by atoms with Gasteiger partial charge >= 0.3 is 18.2 Å². The van der Waals surface area contributed by atoms with E-state index in [9.17, 15) is 14.4 Å². The molecule has 0 fully saturated rings. The van der Waals surface area contributed by atoms with Crippen LogP contribution in [0.2, 0.25) is 18.1 Å². The molecule has 9 heteroatoms. The first kappa shape index (κ1) is 29.4. The fourth-order valence-electron chi connectivity index (χ4n) is 2.08. The van der Waals surface area contributed by atoms with Crippen LogP contribution in [0.3, 0.4) is 0 Å². The Balaban J connectivity index is 5.65. The number of ether oxygens (including phenoxy) is 3. The predicted octanol–water partition coefficient (Wildman–Crippen LogP) is 5.41. The zero-order valence-corrected chi connectivity index (χ0v) is 22.6. The summed E-state index contributed by atoms with van der Waals surface area (Å²) >= 11 is 0. The van der Waals surface area contributed by atoms with Gasteiger partial charge in [-0.15, -0.1) is 0 Å². The second-order valence-corrected chi connectivity index (χ2v) is 16.8. The van der Waals surface area contributed by atoms with Crippen molar-refractivity contribution in [3.05, 3.63) is 0 Å². The van der Waals surface area contributed by atoms with E-state index in [1.165, 1.54) is 0 Å². The number of rotatable bonds is 6. The average Bonchev–Trinajstić information content (AvgIpc) is 2.45. The molecular formula is C22H43NO7Si. The van der Waals surface area contributed by atoms with E-state index in [-0.39, 0.29) is 11.6 Å². The maximum Gasteiger partial charge on any atom is 0.516 e. The molecule has 8 nitrogen and oxygen atoms in total. The zero-order valence-electron chi connectivity index (χ0n) is 21.6. The third-order valence-corrected chi connectivity index (χ3v) is 9.34. The van der Waals surface area contributed by atoms with Gasteiger partial charge < -0.3 is 24.0 Å². The van der Waals surface area contributed by atoms with Gasteiger partial charge in [0.15, 0.2) is 8.32 Å². The minimum absolute atomic E-state index is 0.0335. The third kappa shape index (κ3) is 11.0. The standard InChI is InChI=1S/C22H43NO7Si/c1-19(2,3)29-17(25)23-15(16(24)28-18(26)30-20(4,5)6)22(10,11)14-27-31(12,13)21(7,8)9/h15H,14H2,1-13H3,(H,23,25). The lowest BCUT2D eigenvalue weighted by molar-refractivity contribution is -0.147. The van der Waals surface area contributed by atoms with Crippen molar-refractivity contribution in [2.75, 3.05) is 6.61 Å². The molecule has 31 heavy (non-hydrogen) atoms. The van der Waals surface area contributed by atoms with Crippen LogP contribution in [0.4, 0.5) is 9.59 Å². The summed E-state index contributed by atoms with van der Waals surface area (Å²) in [5.41, 5.74) is -2.48. The van der Waals surface area contributed by atoms with Gasteiger partial charge in [0.1, 0.15) is 17.2 Å². The normalized spacial score (nSPS) is 14.5. The summed E-state index contributed by atoms with van der Waals surface area (Å²) < 4.78 is 21.5. The summed E-state index contributed by atoms with van der Waals surface area (Å²) in [5.74, 6) is -0.941. The van der Waals surface area contributed by atoms with Crippen molar-refractivity contribution in [3.63, 3.8) is 0 Å². The van der Waals surface area contributed by atoms with Crippen LogP contribution in [0.25, 0.3) is 0 Å². The predicted molar refractivity (Wildman–Crippen MR) is 122 cm³/mol. The molecule has 0 aromatic carbocycles. The number of alkyl carbamates (subject to hydrolysis) is 1. The Morgan fingerprint density at radius 1 is 0.806 bits per heavy atom. The first-order valence-electron chi connectivity index (χ1n) is 10.5. The largest absolute Gasteiger partial charge is 0.516 e. The van der Waals surface area contributed by atoms with E-state index >= 15 is 0 Å². The third-order valence-electron chi connectivity index (χ3n) is 4.86. The molecule has 0 radical (unpaired) electrons. The molecule has 0 heterocycles. The summed E-state index contributed by atoms with van der Waals surface area (Å²) in [6.45, 7) is 24.3. The van der Waals surface area contributed by atoms with Gasteiger partial charge in [-0.3, -0.25) is 0 Å². The maximum atomic E-state index is 12.9. The van der Waals surface area contributed by atoms with Crippen molar-refractivity contribution in [3.8, 4) is 0 Å². The molecular weight excluding hydrogens is 418 g/mol. The number of nitrogens with one attached hydrogen (secondary N) is 1. The summed E-state index contributed by atoms with van der Waals surface area (Å²) in [6, 6.07) is -1.19. The van der Waals surface area contributed by atoms with Crippen molar-refractivity contribution in [1.29, 1.82) is 0 Å². The fourth-order valence-corrected chi connectivity index (χ4v) is 3.24. The number of carbonyl (C=O) groups excluding carboxylic acids is 3. The lowest BCUT2D eigenvalue weighted by Crippen LogP contribution is -2.55. The SMILES string of the molecule is CC(C)(C)OC(=O)NC(C(=O)OC(=O)OC(C)(C)C)C(C)(C)CO[Si](C)(C)C(C)(C)C. The van der Waals surface area contributed by atoms with E-state index in [0.29, 0.717) is 0 Å². The van der Waals surface area contributed by atoms with Gasteiger partial charge in [-0.2, -0.15) is 0 Å². The van der Waals surface area contributed by atoms with Crippen LogP contribution >= 0.6 is 0 Å². The average molecular weight is 462 g/mol. The lowest BCUT2D eigenvalue weighted by Gasteiger charge is -2.40. The van der Waals surface area contributed by atoms with Crippen LogP contribution in [0.5, 0.6) is 0 Å². The van der Waals surface area contributed by atoms with Gasteiger partial charge in [0, 0.05) is 12.0 Å². The topological polar surface area (TPSA) is 100 Å². The Morgan fingerprint density at radius 2 is 1.26 bits per heavy atom. The van der Waals surface area contributed by atoms with Gasteiger partial charge in [0.05, 0.1) is 0 Å². The molecule has 1 unspecified atom stereocenters. The summed E-state index contributed by atoms with van der Waals surface area (Å²) in [5, 5.41) is 2.52. The molecule has 0 spiro atoms. The molecule has 0 bridgehead atoms. The van der Waals surface area contributed by atoms with Gasteiger partial charge in [-0.05, 0) is 59.7 Å². The highest BCUT2D eigenvalue weighted by atomic mass is 28.4. The second kappa shape index (κ2) is 9.89. The van der Waals surface area contributed by atoms with Crippen molar-refractivity contribution in [2.45, 2.75) is 112 Å². The van der Waals surface area contributed by atoms with E-state index in [0.717, 1.165) is 0 Å². The molecule has 0 aromatic heterocycles. The maximum absolute atomic E-state index is 12.9. The number of hydrogen-bond donors (Lipinski definition) is 1. The quantitative estimate of drug-likeness (QED) is 0.321. The summed E-state index contributed by atoms with van der Waals surface area (Å²) in [4.78, 5) is 37.3. The number of hydrogen-bond acceptors (Lipinski definition) is 7. The van der Waals surface area contributed by atoms with Crippen LogP contribution in [-0.2, 0) is 23.4 Å². The van der Waals surface area contributed by atoms with Gasteiger partial charge in [0.2, 0.25) is 0 Å². The van der Waals surface area contributed by atoms with E-state index in [1.54, 1.807) is 55.4 Å². The molecule has 1 atom stereocenters. The highest BCUT2D eigenvalue weighted by molar-refractivity contribution is 6.74. The van der Waals surface area contributed by atoms with Gasteiger partial charge in [-0.1, -0.05) is 34.6 Å². The molecule has 0 aliphatic carbocycles. The molecule has 1 N–H and O–H groups in total. The molecule has 0 saturated heterocycles. The molecule has 0 saturated carbocycles. The number of carbonyl (C=O) groups is 3. The molecule has 0 rings (SSSR count). The summed E-state index contributed by atoms with van der Waals surface area (Å²) in [7, 11) is -2.12. The van der Waals surface area contributed by atoms with Gasteiger partial charge in [0.25, 0.3) is 0 Å². The Bertz CT molecular complexity index is 652. The minimum atomic E-state index is -2.12. The Kier molecular flexibility index (Phi) is 9.38. The number of amides is 1. The Labute approximate surface area is 188 Å². The highest BCUT2D eigenvalue weighted by Gasteiger charge is 2.44. The van der Waals surface area contributed by atoms with Crippen molar-refractivity contribution >= 4 is 26.5 Å².